The summed E-state index contributed by atoms with van der Waals surface area (Å²) in [5, 5.41) is 32.3. The van der Waals surface area contributed by atoms with Crippen LogP contribution in [0.3, 0.4) is 0 Å². The minimum absolute atomic E-state index is 0.0216. The second-order valence-corrected chi connectivity index (χ2v) is 9.38. The fraction of sp³-hybridized carbons (Fsp3) is 0.722. The zero-order valence-corrected chi connectivity index (χ0v) is 16.4. The number of aliphatic carboxylic acids is 1. The van der Waals surface area contributed by atoms with Crippen LogP contribution in [0.4, 0.5) is 0 Å². The summed E-state index contributed by atoms with van der Waals surface area (Å²) in [6, 6.07) is -0.624. The van der Waals surface area contributed by atoms with Crippen LogP contribution in [0.25, 0.3) is 0 Å². The number of amides is 2. The number of carboxylic acids is 1. The number of thioether (sulfide) groups is 1. The number of carbonyl (C=O) groups excluding carboxylic acids is 2. The lowest BCUT2D eigenvalue weighted by Gasteiger charge is -2.44. The number of β-lactam (4-membered cyclic amide) rings is 1. The summed E-state index contributed by atoms with van der Waals surface area (Å²) in [6.07, 6.45) is 0.341. The first-order chi connectivity index (χ1) is 13.3. The average Bonchev–Trinajstić information content (AvgIpc) is 3.32. The van der Waals surface area contributed by atoms with E-state index >= 15 is 0 Å². The first-order valence-electron chi connectivity index (χ1n) is 9.62. The Kier molecular flexibility index (Phi) is 5.15. The third kappa shape index (κ3) is 3.22. The summed E-state index contributed by atoms with van der Waals surface area (Å²) >= 11 is 1.42. The van der Waals surface area contributed by atoms with E-state index in [4.69, 9.17) is 0 Å². The van der Waals surface area contributed by atoms with E-state index in [2.05, 4.69) is 5.32 Å². The highest BCUT2D eigenvalue weighted by atomic mass is 32.2. The van der Waals surface area contributed by atoms with Gasteiger partial charge in [0.15, 0.2) is 0 Å². The van der Waals surface area contributed by atoms with Gasteiger partial charge in [0.05, 0.1) is 30.2 Å². The molecule has 154 valence electrons. The van der Waals surface area contributed by atoms with Crippen molar-refractivity contribution in [2.75, 3.05) is 19.6 Å². The van der Waals surface area contributed by atoms with Gasteiger partial charge in [-0.3, -0.25) is 9.59 Å². The van der Waals surface area contributed by atoms with Crippen molar-refractivity contribution >= 4 is 29.5 Å². The molecule has 28 heavy (non-hydrogen) atoms. The van der Waals surface area contributed by atoms with Crippen LogP contribution in [0.2, 0.25) is 0 Å². The van der Waals surface area contributed by atoms with E-state index in [-0.39, 0.29) is 34.8 Å². The Bertz CT molecular complexity index is 741. The molecule has 4 N–H and O–H groups in total. The molecule has 2 amide bonds. The quantitative estimate of drug-likeness (QED) is 0.422. The van der Waals surface area contributed by atoms with Gasteiger partial charge >= 0.3 is 5.97 Å². The predicted molar refractivity (Wildman–Crippen MR) is 100 cm³/mol. The maximum Gasteiger partial charge on any atom is 0.353 e. The molecule has 4 heterocycles. The molecule has 10 heteroatoms. The fourth-order valence-electron chi connectivity index (χ4n) is 4.68. The zero-order chi connectivity index (χ0) is 20.2. The highest BCUT2D eigenvalue weighted by Crippen LogP contribution is 2.48. The molecule has 0 saturated carbocycles. The molecule has 0 aliphatic carbocycles. The summed E-state index contributed by atoms with van der Waals surface area (Å²) in [5.41, 5.74) is 0.0225. The predicted octanol–water partition coefficient (Wildman–Crippen LogP) is -1.05. The number of hydrogen-bond acceptors (Lipinski definition) is 7. The Balaban J connectivity index is 1.41. The van der Waals surface area contributed by atoms with Crippen LogP contribution in [-0.2, 0) is 14.4 Å². The van der Waals surface area contributed by atoms with E-state index < -0.39 is 24.1 Å². The van der Waals surface area contributed by atoms with Crippen molar-refractivity contribution < 1.29 is 29.7 Å². The minimum Gasteiger partial charge on any atom is -0.477 e. The summed E-state index contributed by atoms with van der Waals surface area (Å²) in [6.45, 7) is 3.05. The summed E-state index contributed by atoms with van der Waals surface area (Å²) in [4.78, 5) is 40.2. The van der Waals surface area contributed by atoms with E-state index in [0.29, 0.717) is 43.8 Å². The Morgan fingerprint density at radius 1 is 1.36 bits per heavy atom. The summed E-state index contributed by atoms with van der Waals surface area (Å²) in [5.74, 6) is -2.04. The molecule has 0 aromatic carbocycles. The second-order valence-electron chi connectivity index (χ2n) is 7.99. The van der Waals surface area contributed by atoms with Gasteiger partial charge < -0.3 is 30.4 Å². The molecule has 0 aromatic heterocycles. The third-order valence-electron chi connectivity index (χ3n) is 6.06. The lowest BCUT2D eigenvalue weighted by atomic mass is 9.83. The molecule has 4 aliphatic heterocycles. The number of rotatable bonds is 5. The highest BCUT2D eigenvalue weighted by molar-refractivity contribution is 8.03. The van der Waals surface area contributed by atoms with Crippen molar-refractivity contribution in [3.8, 4) is 0 Å². The maximum absolute atomic E-state index is 12.6. The van der Waals surface area contributed by atoms with Gasteiger partial charge in [-0.1, -0.05) is 0 Å². The fourth-order valence-corrected chi connectivity index (χ4v) is 6.12. The minimum atomic E-state index is -1.13. The SMILES string of the molecule is C[C@@H](O)[C@@H]1C(=O)N2C(C(=O)O)=C(S[C@H]3CN[C@@H](C(=O)N4CC[C@@H](O)C4)C3)C[C@H]12. The van der Waals surface area contributed by atoms with Crippen molar-refractivity contribution in [1.29, 1.82) is 0 Å². The van der Waals surface area contributed by atoms with E-state index in [1.165, 1.54) is 16.7 Å². The van der Waals surface area contributed by atoms with Crippen LogP contribution in [0, 0.1) is 5.92 Å². The van der Waals surface area contributed by atoms with Crippen LogP contribution in [-0.4, -0.2) is 92.1 Å². The molecule has 0 spiro atoms. The summed E-state index contributed by atoms with van der Waals surface area (Å²) < 4.78 is 0. The molecule has 3 fully saturated rings. The molecule has 0 radical (unpaired) electrons. The lowest BCUT2D eigenvalue weighted by molar-refractivity contribution is -0.161. The van der Waals surface area contributed by atoms with Crippen LogP contribution in [0.15, 0.2) is 10.6 Å². The lowest BCUT2D eigenvalue weighted by Crippen LogP contribution is -2.61. The topological polar surface area (TPSA) is 130 Å². The van der Waals surface area contributed by atoms with Crippen LogP contribution < -0.4 is 5.32 Å². The number of aliphatic hydroxyl groups excluding tert-OH is 2. The smallest absolute Gasteiger partial charge is 0.353 e. The zero-order valence-electron chi connectivity index (χ0n) is 15.6. The van der Waals surface area contributed by atoms with E-state index in [0.717, 1.165) is 0 Å². The molecule has 0 unspecified atom stereocenters. The van der Waals surface area contributed by atoms with Crippen LogP contribution >= 0.6 is 11.8 Å². The molecular formula is C18H25N3O6S. The molecular weight excluding hydrogens is 386 g/mol. The average molecular weight is 411 g/mol. The Morgan fingerprint density at radius 3 is 2.71 bits per heavy atom. The number of hydrogen-bond donors (Lipinski definition) is 4. The number of nitrogens with one attached hydrogen (secondary N) is 1. The van der Waals surface area contributed by atoms with Gasteiger partial charge in [-0.25, -0.2) is 4.79 Å². The molecule has 4 aliphatic rings. The van der Waals surface area contributed by atoms with Crippen LogP contribution in [0.1, 0.15) is 26.2 Å². The Labute approximate surface area is 166 Å². The van der Waals surface area contributed by atoms with Crippen LogP contribution in [0.5, 0.6) is 0 Å². The van der Waals surface area contributed by atoms with E-state index in [1.807, 2.05) is 0 Å². The number of carboxylic acid groups (broad SMARTS) is 1. The first kappa shape index (κ1) is 19.7. The highest BCUT2D eigenvalue weighted by Gasteiger charge is 2.57. The standard InChI is InChI=1S/C18H25N3O6S/c1-8(22)14-12-5-13(15(18(26)27)21(12)17(14)25)28-10-4-11(19-6-10)16(24)20-3-2-9(23)7-20/h8-12,14,19,22-23H,2-7H2,1H3,(H,26,27)/t8-,9-,10-,11-,12-,14+/m1/s1. The molecule has 0 aromatic rings. The van der Waals surface area contributed by atoms with Gasteiger partial charge in [0, 0.05) is 36.2 Å². The van der Waals surface area contributed by atoms with Crippen molar-refractivity contribution in [2.24, 2.45) is 5.92 Å². The van der Waals surface area contributed by atoms with Gasteiger partial charge in [0.2, 0.25) is 11.8 Å². The number of fused-ring (bicyclic) bond motifs is 1. The second kappa shape index (κ2) is 7.33. The molecule has 3 saturated heterocycles. The van der Waals surface area contributed by atoms with Gasteiger partial charge in [0.1, 0.15) is 5.70 Å². The third-order valence-corrected chi connectivity index (χ3v) is 7.40. The van der Waals surface area contributed by atoms with Gasteiger partial charge in [-0.15, -0.1) is 11.8 Å². The number of carbonyl (C=O) groups is 3. The van der Waals surface area contributed by atoms with Crippen molar-refractivity contribution in [3.05, 3.63) is 10.6 Å². The maximum atomic E-state index is 12.6. The number of aliphatic hydroxyl groups is 2. The molecule has 9 nitrogen and oxygen atoms in total. The molecule has 6 atom stereocenters. The number of β-amino-alcohol motifs (C(OH)–C–C–N with tert-alkyl or cyclic N) is 1. The van der Waals surface area contributed by atoms with Crippen molar-refractivity contribution in [1.82, 2.24) is 15.1 Å². The Morgan fingerprint density at radius 2 is 2.11 bits per heavy atom. The molecule has 4 rings (SSSR count). The molecule has 0 bridgehead atoms. The van der Waals surface area contributed by atoms with Gasteiger partial charge in [-0.05, 0) is 19.8 Å². The van der Waals surface area contributed by atoms with Crippen molar-refractivity contribution in [3.63, 3.8) is 0 Å². The normalized spacial score (nSPS) is 36.0. The summed E-state index contributed by atoms with van der Waals surface area (Å²) in [7, 11) is 0. The first-order valence-corrected chi connectivity index (χ1v) is 10.5. The largest absolute Gasteiger partial charge is 0.477 e. The number of nitrogens with zero attached hydrogens (tertiary/aromatic N) is 2. The van der Waals surface area contributed by atoms with E-state index in [9.17, 15) is 29.7 Å². The number of likely N-dealkylation sites (tertiary alicyclic amines) is 1. The Hall–Kier alpha value is -1.62. The monoisotopic (exact) mass is 411 g/mol. The van der Waals surface area contributed by atoms with Gasteiger partial charge in [0.25, 0.3) is 0 Å². The van der Waals surface area contributed by atoms with Crippen molar-refractivity contribution in [2.45, 2.75) is 55.7 Å². The van der Waals surface area contributed by atoms with Gasteiger partial charge in [-0.2, -0.15) is 0 Å². The van der Waals surface area contributed by atoms with E-state index in [1.54, 1.807) is 11.8 Å².